The van der Waals surface area contributed by atoms with Gasteiger partial charge in [-0.25, -0.2) is 0 Å². The van der Waals surface area contributed by atoms with Crippen molar-refractivity contribution < 1.29 is 9.34 Å². The number of anilines is 1. The predicted octanol–water partition coefficient (Wildman–Crippen LogP) is 4.02. The third-order valence-electron chi connectivity index (χ3n) is 2.82. The number of nitrogens with one attached hydrogen (secondary N) is 1. The van der Waals surface area contributed by atoms with Gasteiger partial charge in [0.2, 0.25) is 0 Å². The summed E-state index contributed by atoms with van der Waals surface area (Å²) < 4.78 is 6.29. The first-order chi connectivity index (χ1) is 8.97. The van der Waals surface area contributed by atoms with Crippen molar-refractivity contribution in [3.63, 3.8) is 0 Å². The standard InChI is InChI=1S/C13H13IN2O3/c1-8-6-12(16(17)18)9(2)5-11(8)15-7-10-3-4-13(14)19-10/h3-6,15H,7H2,1-2H3. The lowest BCUT2D eigenvalue weighted by Crippen LogP contribution is -2.02. The molecule has 1 aromatic heterocycles. The molecule has 0 spiro atoms. The van der Waals surface area contributed by atoms with Crippen LogP contribution < -0.4 is 5.32 Å². The van der Waals surface area contributed by atoms with Gasteiger partial charge in [-0.15, -0.1) is 0 Å². The second kappa shape index (κ2) is 5.60. The van der Waals surface area contributed by atoms with Gasteiger partial charge >= 0.3 is 0 Å². The largest absolute Gasteiger partial charge is 0.454 e. The monoisotopic (exact) mass is 372 g/mol. The first-order valence-corrected chi connectivity index (χ1v) is 6.79. The maximum atomic E-state index is 10.8. The Bertz CT molecular complexity index is 622. The Morgan fingerprint density at radius 1 is 1.32 bits per heavy atom. The van der Waals surface area contributed by atoms with Crippen molar-refractivity contribution in [3.05, 3.63) is 55.0 Å². The highest BCUT2D eigenvalue weighted by molar-refractivity contribution is 14.1. The Kier molecular flexibility index (Phi) is 4.08. The summed E-state index contributed by atoms with van der Waals surface area (Å²) in [6, 6.07) is 7.18. The molecule has 2 rings (SSSR count). The number of hydrogen-bond donors (Lipinski definition) is 1. The molecule has 0 atom stereocenters. The predicted molar refractivity (Wildman–Crippen MR) is 81.3 cm³/mol. The Balaban J connectivity index is 2.17. The fourth-order valence-corrected chi connectivity index (χ4v) is 2.28. The summed E-state index contributed by atoms with van der Waals surface area (Å²) in [6.07, 6.45) is 0. The van der Waals surface area contributed by atoms with Crippen molar-refractivity contribution in [2.75, 3.05) is 5.32 Å². The number of furan rings is 1. The molecule has 0 unspecified atom stereocenters. The first kappa shape index (κ1) is 13.9. The quantitative estimate of drug-likeness (QED) is 0.500. The van der Waals surface area contributed by atoms with E-state index in [1.807, 2.05) is 19.1 Å². The topological polar surface area (TPSA) is 68.3 Å². The maximum absolute atomic E-state index is 10.8. The van der Waals surface area contributed by atoms with E-state index in [2.05, 4.69) is 27.9 Å². The van der Waals surface area contributed by atoms with Gasteiger partial charge < -0.3 is 9.73 Å². The van der Waals surface area contributed by atoms with Crippen LogP contribution in [0.2, 0.25) is 0 Å². The number of hydrogen-bond acceptors (Lipinski definition) is 4. The van der Waals surface area contributed by atoms with E-state index in [-0.39, 0.29) is 10.6 Å². The van der Waals surface area contributed by atoms with Crippen LogP contribution in [0, 0.1) is 27.7 Å². The minimum atomic E-state index is -0.360. The third-order valence-corrected chi connectivity index (χ3v) is 3.40. The second-order valence-corrected chi connectivity index (χ2v) is 5.33. The molecule has 0 amide bonds. The minimum Gasteiger partial charge on any atom is -0.454 e. The normalized spacial score (nSPS) is 10.5. The molecular formula is C13H13IN2O3. The molecule has 0 aliphatic carbocycles. The first-order valence-electron chi connectivity index (χ1n) is 5.71. The van der Waals surface area contributed by atoms with Gasteiger partial charge in [0.05, 0.1) is 11.5 Å². The van der Waals surface area contributed by atoms with Gasteiger partial charge in [0.15, 0.2) is 3.77 Å². The number of nitro groups is 1. The van der Waals surface area contributed by atoms with Gasteiger partial charge in [-0.05, 0) is 60.2 Å². The fraction of sp³-hybridized carbons (Fsp3) is 0.231. The summed E-state index contributed by atoms with van der Waals surface area (Å²) in [6.45, 7) is 4.14. The second-order valence-electron chi connectivity index (χ2n) is 4.27. The zero-order chi connectivity index (χ0) is 14.0. The summed E-state index contributed by atoms with van der Waals surface area (Å²) in [4.78, 5) is 10.5. The van der Waals surface area contributed by atoms with Gasteiger partial charge in [-0.3, -0.25) is 10.1 Å². The van der Waals surface area contributed by atoms with Gasteiger partial charge in [0, 0.05) is 17.3 Å². The van der Waals surface area contributed by atoms with Crippen molar-refractivity contribution in [1.82, 2.24) is 0 Å². The van der Waals surface area contributed by atoms with Crippen LogP contribution in [0.3, 0.4) is 0 Å². The lowest BCUT2D eigenvalue weighted by Gasteiger charge is -2.09. The molecule has 0 radical (unpaired) electrons. The minimum absolute atomic E-state index is 0.149. The summed E-state index contributed by atoms with van der Waals surface area (Å²) in [5, 5.41) is 14.1. The Morgan fingerprint density at radius 2 is 2.05 bits per heavy atom. The molecule has 0 saturated carbocycles. The van der Waals surface area contributed by atoms with E-state index in [4.69, 9.17) is 4.42 Å². The van der Waals surface area contributed by atoms with E-state index in [0.717, 1.165) is 20.8 Å². The molecule has 1 aromatic carbocycles. The smallest absolute Gasteiger partial charge is 0.272 e. The summed E-state index contributed by atoms with van der Waals surface area (Å²) in [7, 11) is 0. The highest BCUT2D eigenvalue weighted by Gasteiger charge is 2.13. The van der Waals surface area contributed by atoms with Crippen molar-refractivity contribution >= 4 is 34.0 Å². The van der Waals surface area contributed by atoms with Gasteiger partial charge in [0.25, 0.3) is 5.69 Å². The molecule has 6 heteroatoms. The highest BCUT2D eigenvalue weighted by atomic mass is 127. The molecule has 0 aliphatic heterocycles. The molecule has 100 valence electrons. The van der Waals surface area contributed by atoms with Crippen LogP contribution in [0.25, 0.3) is 0 Å². The van der Waals surface area contributed by atoms with Crippen LogP contribution in [0.15, 0.2) is 28.7 Å². The number of aryl methyl sites for hydroxylation is 2. The molecule has 0 bridgehead atoms. The van der Waals surface area contributed by atoms with E-state index in [9.17, 15) is 10.1 Å². The van der Waals surface area contributed by atoms with Crippen LogP contribution in [0.1, 0.15) is 16.9 Å². The van der Waals surface area contributed by atoms with E-state index in [1.165, 1.54) is 0 Å². The van der Waals surface area contributed by atoms with Crippen LogP contribution in [-0.4, -0.2) is 4.92 Å². The molecule has 1 heterocycles. The van der Waals surface area contributed by atoms with Crippen molar-refractivity contribution in [2.24, 2.45) is 0 Å². The summed E-state index contributed by atoms with van der Waals surface area (Å²) >= 11 is 2.11. The summed E-state index contributed by atoms with van der Waals surface area (Å²) in [5.41, 5.74) is 2.52. The van der Waals surface area contributed by atoms with Crippen molar-refractivity contribution in [3.8, 4) is 0 Å². The fourth-order valence-electron chi connectivity index (χ4n) is 1.82. The zero-order valence-corrected chi connectivity index (χ0v) is 12.7. The van der Waals surface area contributed by atoms with Crippen molar-refractivity contribution in [2.45, 2.75) is 20.4 Å². The molecule has 0 fully saturated rings. The average Bonchev–Trinajstić information content (AvgIpc) is 2.75. The number of halogens is 1. The van der Waals surface area contributed by atoms with Crippen LogP contribution in [0.4, 0.5) is 11.4 Å². The molecule has 19 heavy (non-hydrogen) atoms. The molecule has 1 N–H and O–H groups in total. The molecule has 2 aromatic rings. The zero-order valence-electron chi connectivity index (χ0n) is 10.6. The highest BCUT2D eigenvalue weighted by Crippen LogP contribution is 2.26. The van der Waals surface area contributed by atoms with Gasteiger partial charge in [0.1, 0.15) is 5.76 Å². The van der Waals surface area contributed by atoms with E-state index >= 15 is 0 Å². The third kappa shape index (κ3) is 3.25. The van der Waals surface area contributed by atoms with E-state index in [0.29, 0.717) is 12.1 Å². The summed E-state index contributed by atoms with van der Waals surface area (Å²) in [5.74, 6) is 0.833. The molecule has 5 nitrogen and oxygen atoms in total. The Hall–Kier alpha value is -1.57. The molecule has 0 aliphatic rings. The Labute approximate surface area is 124 Å². The lowest BCUT2D eigenvalue weighted by atomic mass is 10.1. The van der Waals surface area contributed by atoms with E-state index in [1.54, 1.807) is 19.1 Å². The maximum Gasteiger partial charge on any atom is 0.272 e. The lowest BCUT2D eigenvalue weighted by molar-refractivity contribution is -0.385. The number of nitro benzene ring substituents is 1. The van der Waals surface area contributed by atoms with Crippen LogP contribution in [0.5, 0.6) is 0 Å². The average molecular weight is 372 g/mol. The Morgan fingerprint density at radius 3 is 2.63 bits per heavy atom. The number of benzene rings is 1. The van der Waals surface area contributed by atoms with Gasteiger partial charge in [-0.2, -0.15) is 0 Å². The SMILES string of the molecule is Cc1cc([N+](=O)[O-])c(C)cc1NCc1ccc(I)o1. The van der Waals surface area contributed by atoms with Crippen molar-refractivity contribution in [1.29, 1.82) is 0 Å². The van der Waals surface area contributed by atoms with E-state index < -0.39 is 0 Å². The molecule has 0 saturated heterocycles. The van der Waals surface area contributed by atoms with Gasteiger partial charge in [-0.1, -0.05) is 0 Å². The van der Waals surface area contributed by atoms with Crippen LogP contribution >= 0.6 is 22.6 Å². The molecular weight excluding hydrogens is 359 g/mol. The number of rotatable bonds is 4. The van der Waals surface area contributed by atoms with Crippen LogP contribution in [-0.2, 0) is 6.54 Å². The number of nitrogens with zero attached hydrogens (tertiary/aromatic N) is 1.